The molecule has 0 radical (unpaired) electrons. The van der Waals surface area contributed by atoms with Crippen LogP contribution in [0.25, 0.3) is 0 Å². The molecule has 1 aromatic carbocycles. The minimum absolute atomic E-state index is 0.0399. The van der Waals surface area contributed by atoms with Crippen LogP contribution in [0.4, 0.5) is 11.4 Å². The second-order valence-electron chi connectivity index (χ2n) is 4.64. The van der Waals surface area contributed by atoms with Crippen molar-refractivity contribution >= 4 is 27.3 Å². The fourth-order valence-corrected chi connectivity index (χ4v) is 2.32. The van der Waals surface area contributed by atoms with Gasteiger partial charge in [-0.05, 0) is 19.1 Å². The van der Waals surface area contributed by atoms with Crippen LogP contribution in [0.5, 0.6) is 5.75 Å². The quantitative estimate of drug-likeness (QED) is 0.537. The molecule has 0 aliphatic heterocycles. The van der Waals surface area contributed by atoms with E-state index in [1.54, 1.807) is 32.2 Å². The number of carbonyl (C=O) groups excluding carboxylic acids is 1. The van der Waals surface area contributed by atoms with Gasteiger partial charge in [-0.1, -0.05) is 0 Å². The predicted octanol–water partition coefficient (Wildman–Crippen LogP) is 0.631. The summed E-state index contributed by atoms with van der Waals surface area (Å²) in [5.41, 5.74) is 0.838. The summed E-state index contributed by atoms with van der Waals surface area (Å²) in [6.07, 6.45) is 0. The number of carbonyl (C=O) groups is 1. The number of hydrogen-bond donors (Lipinski definition) is 3. The summed E-state index contributed by atoms with van der Waals surface area (Å²) in [6, 6.07) is 4.70. The molecular weight excluding hydrogens is 322 g/mol. The Balaban J connectivity index is 2.70. The maximum atomic E-state index is 11.8. The van der Waals surface area contributed by atoms with Gasteiger partial charge in [0.1, 0.15) is 5.75 Å². The molecule has 0 fully saturated rings. The van der Waals surface area contributed by atoms with Gasteiger partial charge < -0.3 is 20.1 Å². The smallest absolute Gasteiger partial charge is 0.238 e. The van der Waals surface area contributed by atoms with Crippen LogP contribution in [-0.4, -0.2) is 54.0 Å². The van der Waals surface area contributed by atoms with Gasteiger partial charge in [0.15, 0.2) is 0 Å². The molecule has 3 N–H and O–H groups in total. The van der Waals surface area contributed by atoms with Gasteiger partial charge >= 0.3 is 0 Å². The molecule has 0 spiro atoms. The standard InChI is InChI=1S/C14H23N3O5S/c1-4-23(19,20)17-12-6-5-11(9-13(12)22-3)16-14(18)10-15-7-8-21-2/h5-6,9,15,17H,4,7-8,10H2,1-3H3,(H,16,18). The van der Waals surface area contributed by atoms with E-state index < -0.39 is 10.0 Å². The molecule has 0 aliphatic carbocycles. The molecule has 0 bridgehead atoms. The first-order chi connectivity index (χ1) is 10.9. The van der Waals surface area contributed by atoms with Gasteiger partial charge in [-0.3, -0.25) is 9.52 Å². The second-order valence-corrected chi connectivity index (χ2v) is 6.65. The number of amides is 1. The Morgan fingerprint density at radius 3 is 2.61 bits per heavy atom. The summed E-state index contributed by atoms with van der Waals surface area (Å²) in [5.74, 6) is 0.0686. The molecular formula is C14H23N3O5S. The normalized spacial score (nSPS) is 11.1. The fourth-order valence-electron chi connectivity index (χ4n) is 1.67. The summed E-state index contributed by atoms with van der Waals surface area (Å²) in [7, 11) is -0.384. The van der Waals surface area contributed by atoms with E-state index in [4.69, 9.17) is 9.47 Å². The Hall–Kier alpha value is -1.84. The zero-order valence-corrected chi connectivity index (χ0v) is 14.3. The molecule has 0 unspecified atom stereocenters. The number of rotatable bonds is 10. The van der Waals surface area contributed by atoms with Gasteiger partial charge in [0.05, 0.1) is 31.7 Å². The third kappa shape index (κ3) is 6.85. The van der Waals surface area contributed by atoms with Crippen LogP contribution < -0.4 is 20.1 Å². The third-order valence-corrected chi connectivity index (χ3v) is 4.19. The van der Waals surface area contributed by atoms with Crippen molar-refractivity contribution in [3.63, 3.8) is 0 Å². The average Bonchev–Trinajstić information content (AvgIpc) is 2.53. The lowest BCUT2D eigenvalue weighted by molar-refractivity contribution is -0.115. The Morgan fingerprint density at radius 1 is 1.26 bits per heavy atom. The zero-order chi connectivity index (χ0) is 17.3. The van der Waals surface area contributed by atoms with E-state index in [9.17, 15) is 13.2 Å². The fraction of sp³-hybridized carbons (Fsp3) is 0.500. The number of nitrogens with one attached hydrogen (secondary N) is 3. The topological polar surface area (TPSA) is 106 Å². The van der Waals surface area contributed by atoms with Crippen molar-refractivity contribution < 1.29 is 22.7 Å². The van der Waals surface area contributed by atoms with Gasteiger partial charge in [-0.15, -0.1) is 0 Å². The molecule has 0 atom stereocenters. The molecule has 1 rings (SSSR count). The SMILES string of the molecule is CCS(=O)(=O)Nc1ccc(NC(=O)CNCCOC)cc1OC. The second kappa shape index (κ2) is 9.33. The van der Waals surface area contributed by atoms with Crippen molar-refractivity contribution in [2.75, 3.05) is 49.7 Å². The zero-order valence-electron chi connectivity index (χ0n) is 13.5. The number of methoxy groups -OCH3 is 2. The van der Waals surface area contributed by atoms with E-state index in [0.717, 1.165) is 0 Å². The third-order valence-electron chi connectivity index (χ3n) is 2.90. The molecule has 9 heteroatoms. The van der Waals surface area contributed by atoms with Crippen LogP contribution in [0.3, 0.4) is 0 Å². The van der Waals surface area contributed by atoms with Crippen molar-refractivity contribution in [1.82, 2.24) is 5.32 Å². The van der Waals surface area contributed by atoms with E-state index in [0.29, 0.717) is 30.3 Å². The molecule has 1 amide bonds. The van der Waals surface area contributed by atoms with Gasteiger partial charge in [0.2, 0.25) is 15.9 Å². The lowest BCUT2D eigenvalue weighted by atomic mass is 10.2. The number of benzene rings is 1. The number of ether oxygens (including phenoxy) is 2. The van der Waals surface area contributed by atoms with E-state index in [1.807, 2.05) is 0 Å². The Morgan fingerprint density at radius 2 is 2.00 bits per heavy atom. The van der Waals surface area contributed by atoms with Crippen LogP contribution in [-0.2, 0) is 19.6 Å². The Labute approximate surface area is 136 Å². The maximum Gasteiger partial charge on any atom is 0.238 e. The minimum atomic E-state index is -3.40. The van der Waals surface area contributed by atoms with Gasteiger partial charge in [0, 0.05) is 25.4 Å². The molecule has 23 heavy (non-hydrogen) atoms. The lowest BCUT2D eigenvalue weighted by Crippen LogP contribution is -2.30. The van der Waals surface area contributed by atoms with Crippen LogP contribution in [0.15, 0.2) is 18.2 Å². The summed E-state index contributed by atoms with van der Waals surface area (Å²) in [4.78, 5) is 11.8. The van der Waals surface area contributed by atoms with Crippen molar-refractivity contribution in [3.8, 4) is 5.75 Å². The van der Waals surface area contributed by atoms with Crippen molar-refractivity contribution in [2.24, 2.45) is 0 Å². The molecule has 0 heterocycles. The first-order valence-corrected chi connectivity index (χ1v) is 8.75. The lowest BCUT2D eigenvalue weighted by Gasteiger charge is -2.13. The molecule has 0 aromatic heterocycles. The summed E-state index contributed by atoms with van der Waals surface area (Å²) in [5, 5.41) is 5.62. The molecule has 1 aromatic rings. The molecule has 130 valence electrons. The monoisotopic (exact) mass is 345 g/mol. The number of sulfonamides is 1. The van der Waals surface area contributed by atoms with E-state index in [1.165, 1.54) is 7.11 Å². The first kappa shape index (κ1) is 19.2. The first-order valence-electron chi connectivity index (χ1n) is 7.10. The highest BCUT2D eigenvalue weighted by molar-refractivity contribution is 7.92. The summed E-state index contributed by atoms with van der Waals surface area (Å²) in [6.45, 7) is 2.79. The molecule has 0 aliphatic rings. The largest absolute Gasteiger partial charge is 0.494 e. The molecule has 0 saturated heterocycles. The van der Waals surface area contributed by atoms with Crippen LogP contribution >= 0.6 is 0 Å². The van der Waals surface area contributed by atoms with Crippen LogP contribution in [0.2, 0.25) is 0 Å². The van der Waals surface area contributed by atoms with Crippen molar-refractivity contribution in [2.45, 2.75) is 6.92 Å². The maximum absolute atomic E-state index is 11.8. The highest BCUT2D eigenvalue weighted by Crippen LogP contribution is 2.28. The van der Waals surface area contributed by atoms with Crippen molar-refractivity contribution in [3.05, 3.63) is 18.2 Å². The highest BCUT2D eigenvalue weighted by atomic mass is 32.2. The highest BCUT2D eigenvalue weighted by Gasteiger charge is 2.12. The minimum Gasteiger partial charge on any atom is -0.494 e. The Bertz CT molecular complexity index is 619. The average molecular weight is 345 g/mol. The molecule has 0 saturated carbocycles. The predicted molar refractivity (Wildman–Crippen MR) is 89.5 cm³/mol. The van der Waals surface area contributed by atoms with Crippen LogP contribution in [0.1, 0.15) is 6.92 Å². The van der Waals surface area contributed by atoms with Gasteiger partial charge in [-0.25, -0.2) is 8.42 Å². The molecule has 8 nitrogen and oxygen atoms in total. The number of hydrogen-bond acceptors (Lipinski definition) is 6. The van der Waals surface area contributed by atoms with E-state index in [2.05, 4.69) is 15.4 Å². The Kier molecular flexibility index (Phi) is 7.79. The van der Waals surface area contributed by atoms with Gasteiger partial charge in [-0.2, -0.15) is 0 Å². The van der Waals surface area contributed by atoms with Gasteiger partial charge in [0.25, 0.3) is 0 Å². The van der Waals surface area contributed by atoms with Crippen molar-refractivity contribution in [1.29, 1.82) is 0 Å². The summed E-state index contributed by atoms with van der Waals surface area (Å²) < 4.78 is 35.7. The summed E-state index contributed by atoms with van der Waals surface area (Å²) >= 11 is 0. The van der Waals surface area contributed by atoms with Crippen LogP contribution in [0, 0.1) is 0 Å². The van der Waals surface area contributed by atoms with E-state index in [-0.39, 0.29) is 18.2 Å². The number of anilines is 2. The van der Waals surface area contributed by atoms with E-state index >= 15 is 0 Å².